The first-order chi connectivity index (χ1) is 7.28. The van der Waals surface area contributed by atoms with E-state index in [1.807, 2.05) is 6.07 Å². The zero-order chi connectivity index (χ0) is 10.7. The van der Waals surface area contributed by atoms with Crippen LogP contribution in [0.5, 0.6) is 11.6 Å². The van der Waals surface area contributed by atoms with Crippen molar-refractivity contribution in [3.05, 3.63) is 36.3 Å². The molecule has 0 fully saturated rings. The van der Waals surface area contributed by atoms with E-state index in [1.54, 1.807) is 42.3 Å². The van der Waals surface area contributed by atoms with Crippen molar-refractivity contribution in [3.8, 4) is 17.7 Å². The summed E-state index contributed by atoms with van der Waals surface area (Å²) in [5.41, 5.74) is 0.330. The second-order valence-corrected chi connectivity index (χ2v) is 2.92. The summed E-state index contributed by atoms with van der Waals surface area (Å²) >= 11 is 0. The fourth-order valence-electron chi connectivity index (χ4n) is 1.11. The molecular weight excluding hydrogens is 192 g/mol. The van der Waals surface area contributed by atoms with Crippen LogP contribution >= 0.6 is 0 Å². The van der Waals surface area contributed by atoms with Gasteiger partial charge in [-0.05, 0) is 6.07 Å². The lowest BCUT2D eigenvalue weighted by atomic mass is 10.4. The van der Waals surface area contributed by atoms with Gasteiger partial charge in [0.1, 0.15) is 11.8 Å². The first kappa shape index (κ1) is 9.21. The Balaban J connectivity index is 2.21. The molecule has 0 aromatic carbocycles. The van der Waals surface area contributed by atoms with Gasteiger partial charge in [-0.25, -0.2) is 4.98 Å². The van der Waals surface area contributed by atoms with Gasteiger partial charge in [-0.15, -0.1) is 0 Å². The molecule has 0 bridgehead atoms. The summed E-state index contributed by atoms with van der Waals surface area (Å²) < 4.78 is 7.02. The molecule has 0 spiro atoms. The minimum atomic E-state index is 0.330. The number of rotatable bonds is 2. The van der Waals surface area contributed by atoms with Crippen LogP contribution in [0.3, 0.4) is 0 Å². The number of ether oxygens (including phenoxy) is 1. The average Bonchev–Trinajstić information content (AvgIpc) is 2.64. The van der Waals surface area contributed by atoms with Gasteiger partial charge in [-0.3, -0.25) is 4.68 Å². The Labute approximate surface area is 86.6 Å². The largest absolute Gasteiger partial charge is 0.436 e. The van der Waals surface area contributed by atoms with Gasteiger partial charge in [-0.2, -0.15) is 10.4 Å². The molecule has 0 radical (unpaired) electrons. The molecular formula is C10H8N4O. The maximum absolute atomic E-state index is 8.65. The molecule has 0 saturated carbocycles. The highest BCUT2D eigenvalue weighted by Crippen LogP contribution is 2.17. The highest BCUT2D eigenvalue weighted by Gasteiger charge is 2.01. The van der Waals surface area contributed by atoms with Crippen LogP contribution in [0.2, 0.25) is 0 Å². The zero-order valence-electron chi connectivity index (χ0n) is 8.08. The zero-order valence-corrected chi connectivity index (χ0v) is 8.08. The molecule has 2 rings (SSSR count). The third-order valence-corrected chi connectivity index (χ3v) is 1.74. The molecule has 0 atom stereocenters. The first-order valence-corrected chi connectivity index (χ1v) is 4.31. The molecule has 2 aromatic rings. The number of aryl methyl sites for hydroxylation is 1. The maximum atomic E-state index is 8.65. The van der Waals surface area contributed by atoms with Gasteiger partial charge in [0.15, 0.2) is 5.75 Å². The molecule has 0 aliphatic carbocycles. The number of nitriles is 1. The molecule has 15 heavy (non-hydrogen) atoms. The van der Waals surface area contributed by atoms with E-state index in [0.29, 0.717) is 17.3 Å². The van der Waals surface area contributed by atoms with Gasteiger partial charge in [0.05, 0.1) is 12.4 Å². The predicted octanol–water partition coefficient (Wildman–Crippen LogP) is 1.48. The summed E-state index contributed by atoms with van der Waals surface area (Å²) in [6, 6.07) is 6.98. The SMILES string of the molecule is Cn1cc(Oc2cccc(C#N)n2)cn1. The Morgan fingerprint density at radius 2 is 2.33 bits per heavy atom. The lowest BCUT2D eigenvalue weighted by Crippen LogP contribution is -1.89. The Hall–Kier alpha value is -2.35. The molecule has 0 saturated heterocycles. The van der Waals surface area contributed by atoms with Crippen LogP contribution in [0.1, 0.15) is 5.69 Å². The van der Waals surface area contributed by atoms with Crippen molar-refractivity contribution in [3.63, 3.8) is 0 Å². The van der Waals surface area contributed by atoms with E-state index in [2.05, 4.69) is 10.1 Å². The number of pyridine rings is 1. The van der Waals surface area contributed by atoms with Gasteiger partial charge in [0.2, 0.25) is 5.88 Å². The normalized spacial score (nSPS) is 9.60. The van der Waals surface area contributed by atoms with Gasteiger partial charge in [0, 0.05) is 13.1 Å². The van der Waals surface area contributed by atoms with Crippen LogP contribution in [-0.2, 0) is 7.05 Å². The van der Waals surface area contributed by atoms with Crippen molar-refractivity contribution in [2.45, 2.75) is 0 Å². The summed E-state index contributed by atoms with van der Waals surface area (Å²) in [7, 11) is 1.80. The van der Waals surface area contributed by atoms with Crippen molar-refractivity contribution in [2.24, 2.45) is 7.05 Å². The van der Waals surface area contributed by atoms with Crippen molar-refractivity contribution < 1.29 is 4.74 Å². The summed E-state index contributed by atoms with van der Waals surface area (Å²) in [5.74, 6) is 0.988. The number of hydrogen-bond acceptors (Lipinski definition) is 4. The molecule has 2 aromatic heterocycles. The molecule has 5 nitrogen and oxygen atoms in total. The third-order valence-electron chi connectivity index (χ3n) is 1.74. The van der Waals surface area contributed by atoms with E-state index < -0.39 is 0 Å². The Morgan fingerprint density at radius 3 is 3.00 bits per heavy atom. The van der Waals surface area contributed by atoms with Crippen LogP contribution in [0.15, 0.2) is 30.6 Å². The monoisotopic (exact) mass is 200 g/mol. The van der Waals surface area contributed by atoms with Crippen LogP contribution in [0, 0.1) is 11.3 Å². The van der Waals surface area contributed by atoms with Crippen LogP contribution in [0.25, 0.3) is 0 Å². The van der Waals surface area contributed by atoms with E-state index in [9.17, 15) is 0 Å². The van der Waals surface area contributed by atoms with Gasteiger partial charge < -0.3 is 4.74 Å². The average molecular weight is 200 g/mol. The Bertz CT molecular complexity index is 512. The van der Waals surface area contributed by atoms with Crippen molar-refractivity contribution in [1.82, 2.24) is 14.8 Å². The second kappa shape index (κ2) is 3.80. The summed E-state index contributed by atoms with van der Waals surface area (Å²) in [4.78, 5) is 3.98. The lowest BCUT2D eigenvalue weighted by Gasteiger charge is -2.00. The topological polar surface area (TPSA) is 63.7 Å². The standard InChI is InChI=1S/C10H8N4O/c1-14-7-9(6-12-14)15-10-4-2-3-8(5-11)13-10/h2-4,6-7H,1H3. The fourth-order valence-corrected chi connectivity index (χ4v) is 1.11. The predicted molar refractivity (Wildman–Crippen MR) is 52.2 cm³/mol. The highest BCUT2D eigenvalue weighted by molar-refractivity contribution is 5.27. The van der Waals surface area contributed by atoms with E-state index in [1.165, 1.54) is 0 Å². The number of nitrogens with zero attached hydrogens (tertiary/aromatic N) is 4. The minimum Gasteiger partial charge on any atom is -0.436 e. The molecule has 74 valence electrons. The molecule has 0 aliphatic heterocycles. The quantitative estimate of drug-likeness (QED) is 0.736. The molecule has 0 amide bonds. The van der Waals surface area contributed by atoms with E-state index in [4.69, 9.17) is 10.00 Å². The van der Waals surface area contributed by atoms with Crippen LogP contribution in [-0.4, -0.2) is 14.8 Å². The van der Waals surface area contributed by atoms with E-state index >= 15 is 0 Å². The Kier molecular flexibility index (Phi) is 2.33. The summed E-state index contributed by atoms with van der Waals surface area (Å²) in [6.07, 6.45) is 3.31. The van der Waals surface area contributed by atoms with Crippen LogP contribution < -0.4 is 4.74 Å². The molecule has 5 heteroatoms. The van der Waals surface area contributed by atoms with E-state index in [0.717, 1.165) is 0 Å². The van der Waals surface area contributed by atoms with Crippen LogP contribution in [0.4, 0.5) is 0 Å². The lowest BCUT2D eigenvalue weighted by molar-refractivity contribution is 0.462. The minimum absolute atomic E-state index is 0.330. The first-order valence-electron chi connectivity index (χ1n) is 4.31. The van der Waals surface area contributed by atoms with Gasteiger partial charge >= 0.3 is 0 Å². The third kappa shape index (κ3) is 2.11. The molecule has 0 aliphatic rings. The van der Waals surface area contributed by atoms with E-state index in [-0.39, 0.29) is 0 Å². The van der Waals surface area contributed by atoms with Crippen molar-refractivity contribution >= 4 is 0 Å². The maximum Gasteiger partial charge on any atom is 0.220 e. The summed E-state index contributed by atoms with van der Waals surface area (Å²) in [5, 5.41) is 12.6. The second-order valence-electron chi connectivity index (χ2n) is 2.92. The number of aromatic nitrogens is 3. The van der Waals surface area contributed by atoms with Crippen molar-refractivity contribution in [2.75, 3.05) is 0 Å². The molecule has 0 N–H and O–H groups in total. The Morgan fingerprint density at radius 1 is 1.47 bits per heavy atom. The molecule has 2 heterocycles. The van der Waals surface area contributed by atoms with Gasteiger partial charge in [-0.1, -0.05) is 6.07 Å². The number of hydrogen-bond donors (Lipinski definition) is 0. The highest BCUT2D eigenvalue weighted by atomic mass is 16.5. The molecule has 0 unspecified atom stereocenters. The van der Waals surface area contributed by atoms with Crippen molar-refractivity contribution in [1.29, 1.82) is 5.26 Å². The fraction of sp³-hybridized carbons (Fsp3) is 0.100. The smallest absolute Gasteiger partial charge is 0.220 e. The van der Waals surface area contributed by atoms with Gasteiger partial charge in [0.25, 0.3) is 0 Å². The summed E-state index contributed by atoms with van der Waals surface area (Å²) in [6.45, 7) is 0.